The molecule has 0 fully saturated rings. The van der Waals surface area contributed by atoms with Gasteiger partial charge in [0.15, 0.2) is 0 Å². The van der Waals surface area contributed by atoms with Gasteiger partial charge < -0.3 is 10.2 Å². The first-order valence-corrected chi connectivity index (χ1v) is 5.94. The van der Waals surface area contributed by atoms with Gasteiger partial charge >= 0.3 is 0 Å². The normalized spacial score (nSPS) is 12.1. The second kappa shape index (κ2) is 4.90. The predicted molar refractivity (Wildman–Crippen MR) is 65.7 cm³/mol. The van der Waals surface area contributed by atoms with Crippen LogP contribution in [-0.2, 0) is 5.41 Å². The first-order chi connectivity index (χ1) is 6.89. The third-order valence-corrected chi connectivity index (χ3v) is 3.21. The minimum absolute atomic E-state index is 0.0964. The van der Waals surface area contributed by atoms with E-state index in [1.165, 1.54) is 0 Å². The molecule has 1 aromatic rings. The molecule has 0 aromatic carbocycles. The topological polar surface area (TPSA) is 41.0 Å². The van der Waals surface area contributed by atoms with Crippen molar-refractivity contribution < 1.29 is 0 Å². The molecule has 1 N–H and O–H groups in total. The number of nitrogens with one attached hydrogen (secondary N) is 1. The van der Waals surface area contributed by atoms with Crippen molar-refractivity contribution in [3.63, 3.8) is 0 Å². The molecule has 1 heterocycles. The van der Waals surface area contributed by atoms with Crippen molar-refractivity contribution in [2.45, 2.75) is 26.2 Å². The molecule has 0 radical (unpaired) electrons. The van der Waals surface area contributed by atoms with Crippen molar-refractivity contribution in [3.05, 3.63) is 5.01 Å². The van der Waals surface area contributed by atoms with Crippen LogP contribution in [0.2, 0.25) is 0 Å². The van der Waals surface area contributed by atoms with Crippen LogP contribution >= 0.6 is 11.3 Å². The van der Waals surface area contributed by atoms with Gasteiger partial charge in [0.25, 0.3) is 0 Å². The SMILES string of the molecule is CN(C)CCNc1nnc(C(C)(C)C)s1. The van der Waals surface area contributed by atoms with Gasteiger partial charge in [0.05, 0.1) is 0 Å². The summed E-state index contributed by atoms with van der Waals surface area (Å²) in [5, 5.41) is 13.6. The van der Waals surface area contributed by atoms with Crippen LogP contribution in [0, 0.1) is 0 Å². The van der Waals surface area contributed by atoms with Crippen LogP contribution in [0.5, 0.6) is 0 Å². The number of aromatic nitrogens is 2. The fourth-order valence-electron chi connectivity index (χ4n) is 0.984. The minimum Gasteiger partial charge on any atom is -0.359 e. The summed E-state index contributed by atoms with van der Waals surface area (Å²) in [6, 6.07) is 0. The summed E-state index contributed by atoms with van der Waals surface area (Å²) in [6.07, 6.45) is 0. The first kappa shape index (κ1) is 12.4. The van der Waals surface area contributed by atoms with Gasteiger partial charge in [-0.05, 0) is 14.1 Å². The highest BCUT2D eigenvalue weighted by Crippen LogP contribution is 2.27. The van der Waals surface area contributed by atoms with E-state index in [4.69, 9.17) is 0 Å². The van der Waals surface area contributed by atoms with Crippen LogP contribution in [0.1, 0.15) is 25.8 Å². The van der Waals surface area contributed by atoms with Crippen LogP contribution in [0.3, 0.4) is 0 Å². The molecule has 0 bridgehead atoms. The van der Waals surface area contributed by atoms with Crippen LogP contribution in [0.4, 0.5) is 5.13 Å². The van der Waals surface area contributed by atoms with Crippen LogP contribution in [-0.4, -0.2) is 42.3 Å². The summed E-state index contributed by atoms with van der Waals surface area (Å²) < 4.78 is 0. The summed E-state index contributed by atoms with van der Waals surface area (Å²) in [5.41, 5.74) is 0.0964. The zero-order valence-corrected chi connectivity index (χ0v) is 11.0. The van der Waals surface area contributed by atoms with E-state index in [0.29, 0.717) is 0 Å². The molecule has 0 unspecified atom stereocenters. The molecule has 0 aliphatic heterocycles. The molecule has 0 aliphatic rings. The standard InChI is InChI=1S/C10H20N4S/c1-10(2,3)8-12-13-9(15-8)11-6-7-14(4)5/h6-7H2,1-5H3,(H,11,13). The zero-order chi connectivity index (χ0) is 11.5. The van der Waals surface area contributed by atoms with Crippen molar-refractivity contribution in [2.75, 3.05) is 32.5 Å². The van der Waals surface area contributed by atoms with Gasteiger partial charge in [-0.1, -0.05) is 32.1 Å². The Balaban J connectivity index is 2.47. The molecule has 0 amide bonds. The zero-order valence-electron chi connectivity index (χ0n) is 10.2. The van der Waals surface area contributed by atoms with Gasteiger partial charge in [-0.2, -0.15) is 0 Å². The summed E-state index contributed by atoms with van der Waals surface area (Å²) in [4.78, 5) is 2.14. The lowest BCUT2D eigenvalue weighted by Gasteiger charge is -2.12. The predicted octanol–water partition coefficient (Wildman–Crippen LogP) is 1.81. The summed E-state index contributed by atoms with van der Waals surface area (Å²) in [5.74, 6) is 0. The lowest BCUT2D eigenvalue weighted by molar-refractivity contribution is 0.425. The van der Waals surface area contributed by atoms with E-state index in [9.17, 15) is 0 Å². The summed E-state index contributed by atoms with van der Waals surface area (Å²) in [7, 11) is 4.12. The number of likely N-dealkylation sites (N-methyl/N-ethyl adjacent to an activating group) is 1. The second-order valence-corrected chi connectivity index (χ2v) is 5.87. The average Bonchev–Trinajstić information content (AvgIpc) is 2.51. The number of rotatable bonds is 4. The lowest BCUT2D eigenvalue weighted by Crippen LogP contribution is -2.20. The van der Waals surface area contributed by atoms with Gasteiger partial charge in [0.1, 0.15) is 5.01 Å². The van der Waals surface area contributed by atoms with E-state index in [1.807, 2.05) is 0 Å². The Bertz CT molecular complexity index is 301. The molecule has 5 heteroatoms. The van der Waals surface area contributed by atoms with Crippen molar-refractivity contribution in [1.29, 1.82) is 0 Å². The minimum atomic E-state index is 0.0964. The molecule has 0 spiro atoms. The second-order valence-electron chi connectivity index (χ2n) is 4.89. The number of hydrogen-bond donors (Lipinski definition) is 1. The molecule has 4 nitrogen and oxygen atoms in total. The largest absolute Gasteiger partial charge is 0.359 e. The van der Waals surface area contributed by atoms with Gasteiger partial charge in [0.2, 0.25) is 5.13 Å². The number of hydrogen-bond acceptors (Lipinski definition) is 5. The highest BCUT2D eigenvalue weighted by molar-refractivity contribution is 7.15. The van der Waals surface area contributed by atoms with Crippen LogP contribution in [0.25, 0.3) is 0 Å². The molecule has 1 aromatic heterocycles. The number of anilines is 1. The highest BCUT2D eigenvalue weighted by atomic mass is 32.1. The molecular weight excluding hydrogens is 208 g/mol. The molecule has 15 heavy (non-hydrogen) atoms. The maximum atomic E-state index is 4.18. The molecule has 0 saturated heterocycles. The molecular formula is C10H20N4S. The molecule has 0 atom stereocenters. The molecule has 1 rings (SSSR count). The number of nitrogens with zero attached hydrogens (tertiary/aromatic N) is 3. The molecule has 0 aliphatic carbocycles. The van der Waals surface area contributed by atoms with Gasteiger partial charge in [-0.25, -0.2) is 0 Å². The van der Waals surface area contributed by atoms with E-state index >= 15 is 0 Å². The first-order valence-electron chi connectivity index (χ1n) is 5.12. The summed E-state index contributed by atoms with van der Waals surface area (Å²) in [6.45, 7) is 8.36. The Morgan fingerprint density at radius 2 is 1.93 bits per heavy atom. The highest BCUT2D eigenvalue weighted by Gasteiger charge is 2.18. The van der Waals surface area contributed by atoms with E-state index in [0.717, 1.165) is 23.2 Å². The Morgan fingerprint density at radius 1 is 1.27 bits per heavy atom. The fraction of sp³-hybridized carbons (Fsp3) is 0.800. The van der Waals surface area contributed by atoms with Crippen molar-refractivity contribution in [1.82, 2.24) is 15.1 Å². The average molecular weight is 228 g/mol. The Kier molecular flexibility index (Phi) is 4.04. The Hall–Kier alpha value is -0.680. The Labute approximate surface area is 95.7 Å². The van der Waals surface area contributed by atoms with Gasteiger partial charge in [-0.15, -0.1) is 10.2 Å². The van der Waals surface area contributed by atoms with Gasteiger partial charge in [0, 0.05) is 18.5 Å². The van der Waals surface area contributed by atoms with E-state index in [-0.39, 0.29) is 5.41 Å². The van der Waals surface area contributed by atoms with Gasteiger partial charge in [-0.3, -0.25) is 0 Å². The van der Waals surface area contributed by atoms with Crippen molar-refractivity contribution in [3.8, 4) is 0 Å². The third-order valence-electron chi connectivity index (χ3n) is 1.90. The van der Waals surface area contributed by atoms with E-state index < -0.39 is 0 Å². The quantitative estimate of drug-likeness (QED) is 0.853. The van der Waals surface area contributed by atoms with Crippen molar-refractivity contribution in [2.24, 2.45) is 0 Å². The van der Waals surface area contributed by atoms with Crippen LogP contribution < -0.4 is 5.32 Å². The smallest absolute Gasteiger partial charge is 0.205 e. The molecule has 86 valence electrons. The van der Waals surface area contributed by atoms with E-state index in [1.54, 1.807) is 11.3 Å². The van der Waals surface area contributed by atoms with E-state index in [2.05, 4.69) is 55.3 Å². The molecule has 0 saturated carbocycles. The third kappa shape index (κ3) is 4.13. The Morgan fingerprint density at radius 3 is 2.40 bits per heavy atom. The lowest BCUT2D eigenvalue weighted by atomic mass is 9.98. The maximum Gasteiger partial charge on any atom is 0.205 e. The maximum absolute atomic E-state index is 4.18. The summed E-state index contributed by atoms with van der Waals surface area (Å²) >= 11 is 1.64. The van der Waals surface area contributed by atoms with Crippen LogP contribution in [0.15, 0.2) is 0 Å². The fourth-order valence-corrected chi connectivity index (χ4v) is 1.81. The van der Waals surface area contributed by atoms with Crippen molar-refractivity contribution >= 4 is 16.5 Å². The monoisotopic (exact) mass is 228 g/mol.